The number of anilines is 1. The summed E-state index contributed by atoms with van der Waals surface area (Å²) < 4.78 is 2.31. The number of aryl methyl sites for hydroxylation is 2. The van der Waals surface area contributed by atoms with Gasteiger partial charge in [-0.05, 0) is 46.9 Å². The van der Waals surface area contributed by atoms with E-state index in [4.69, 9.17) is 5.73 Å². The molecule has 0 aliphatic rings. The zero-order valence-corrected chi connectivity index (χ0v) is 13.4. The van der Waals surface area contributed by atoms with Crippen molar-refractivity contribution in [3.05, 3.63) is 36.3 Å². The number of nitrogens with two attached hydrogens (primary N) is 1. The number of nitrogen functional groups attached to an aromatic ring is 1. The van der Waals surface area contributed by atoms with E-state index in [0.29, 0.717) is 0 Å². The van der Waals surface area contributed by atoms with Crippen molar-refractivity contribution in [2.24, 2.45) is 0 Å². The van der Waals surface area contributed by atoms with E-state index in [9.17, 15) is 0 Å². The van der Waals surface area contributed by atoms with Gasteiger partial charge in [0, 0.05) is 24.8 Å². The fraction of sp³-hybridized carbons (Fsp3) is 0.471. The molecule has 0 aliphatic carbocycles. The third kappa shape index (κ3) is 4.31. The Morgan fingerprint density at radius 2 is 1.83 bits per heavy atom. The van der Waals surface area contributed by atoms with E-state index in [1.54, 1.807) is 0 Å². The first-order valence-corrected chi connectivity index (χ1v) is 8.40. The Hall–Kier alpha value is -2.37. The van der Waals surface area contributed by atoms with E-state index >= 15 is 0 Å². The number of unbranched alkanes of at least 4 members (excludes halogenated alkanes) is 5. The summed E-state index contributed by atoms with van der Waals surface area (Å²) in [5.74, 6) is 0.892. The van der Waals surface area contributed by atoms with E-state index in [2.05, 4.69) is 49.6 Å². The zero-order valence-electron chi connectivity index (χ0n) is 13.4. The van der Waals surface area contributed by atoms with Crippen LogP contribution < -0.4 is 5.73 Å². The highest BCUT2D eigenvalue weighted by molar-refractivity contribution is 5.83. The summed E-state index contributed by atoms with van der Waals surface area (Å²) in [7, 11) is 0. The SMILES string of the molecule is Nc1ccc2ccn(CCCCCCCCc3nnn[nH]3)c2c1. The Balaban J connectivity index is 1.31. The van der Waals surface area contributed by atoms with Gasteiger partial charge in [-0.25, -0.2) is 5.10 Å². The van der Waals surface area contributed by atoms with Gasteiger partial charge in [0.25, 0.3) is 0 Å². The lowest BCUT2D eigenvalue weighted by atomic mass is 10.1. The number of tetrazole rings is 1. The third-order valence-electron chi connectivity index (χ3n) is 4.25. The largest absolute Gasteiger partial charge is 0.399 e. The summed E-state index contributed by atoms with van der Waals surface area (Å²) in [5.41, 5.74) is 7.96. The fourth-order valence-corrected chi connectivity index (χ4v) is 2.96. The number of rotatable bonds is 9. The molecule has 3 aromatic rings. The smallest absolute Gasteiger partial charge is 0.148 e. The van der Waals surface area contributed by atoms with Crippen LogP contribution in [0.2, 0.25) is 0 Å². The highest BCUT2D eigenvalue weighted by Crippen LogP contribution is 2.19. The molecule has 3 rings (SSSR count). The highest BCUT2D eigenvalue weighted by atomic mass is 15.5. The van der Waals surface area contributed by atoms with Crippen molar-refractivity contribution < 1.29 is 0 Å². The fourth-order valence-electron chi connectivity index (χ4n) is 2.96. The number of hydrogen-bond donors (Lipinski definition) is 2. The van der Waals surface area contributed by atoms with E-state index in [1.807, 2.05) is 6.07 Å². The molecule has 0 atom stereocenters. The molecule has 0 aliphatic heterocycles. The Labute approximate surface area is 136 Å². The van der Waals surface area contributed by atoms with Crippen LogP contribution in [0.15, 0.2) is 30.5 Å². The van der Waals surface area contributed by atoms with Gasteiger partial charge in [0.15, 0.2) is 0 Å². The predicted molar refractivity (Wildman–Crippen MR) is 91.9 cm³/mol. The second kappa shape index (κ2) is 7.76. The Kier molecular flexibility index (Phi) is 5.24. The summed E-state index contributed by atoms with van der Waals surface area (Å²) in [6.45, 7) is 1.07. The lowest BCUT2D eigenvalue weighted by Crippen LogP contribution is -1.96. The molecule has 0 radical (unpaired) electrons. The van der Waals surface area contributed by atoms with Gasteiger partial charge >= 0.3 is 0 Å². The van der Waals surface area contributed by atoms with Crippen molar-refractivity contribution in [2.75, 3.05) is 5.73 Å². The molecule has 2 aromatic heterocycles. The second-order valence-corrected chi connectivity index (χ2v) is 6.05. The Bertz CT molecular complexity index is 716. The molecule has 6 heteroatoms. The number of hydrogen-bond acceptors (Lipinski definition) is 4. The van der Waals surface area contributed by atoms with Crippen molar-refractivity contribution >= 4 is 16.6 Å². The maximum absolute atomic E-state index is 5.88. The van der Waals surface area contributed by atoms with Gasteiger partial charge in [-0.15, -0.1) is 5.10 Å². The van der Waals surface area contributed by atoms with Crippen LogP contribution in [0.5, 0.6) is 0 Å². The highest BCUT2D eigenvalue weighted by Gasteiger charge is 2.01. The first kappa shape index (κ1) is 15.5. The van der Waals surface area contributed by atoms with Gasteiger partial charge in [0.2, 0.25) is 0 Å². The molecule has 0 fully saturated rings. The molecule has 1 aromatic carbocycles. The van der Waals surface area contributed by atoms with E-state index in [0.717, 1.165) is 30.9 Å². The van der Waals surface area contributed by atoms with Crippen molar-refractivity contribution in [1.82, 2.24) is 25.2 Å². The molecule has 0 saturated heterocycles. The molecule has 23 heavy (non-hydrogen) atoms. The molecule has 0 bridgehead atoms. The molecule has 6 nitrogen and oxygen atoms in total. The first-order chi connectivity index (χ1) is 11.3. The summed E-state index contributed by atoms with van der Waals surface area (Å²) >= 11 is 0. The van der Waals surface area contributed by atoms with Gasteiger partial charge in [-0.2, -0.15) is 0 Å². The monoisotopic (exact) mass is 312 g/mol. The van der Waals surface area contributed by atoms with E-state index < -0.39 is 0 Å². The topological polar surface area (TPSA) is 85.4 Å². The van der Waals surface area contributed by atoms with Crippen LogP contribution in [-0.2, 0) is 13.0 Å². The average Bonchev–Trinajstić information content (AvgIpc) is 3.19. The summed E-state index contributed by atoms with van der Waals surface area (Å²) in [6.07, 6.45) is 10.6. The average molecular weight is 312 g/mol. The van der Waals surface area contributed by atoms with Crippen LogP contribution >= 0.6 is 0 Å². The number of aromatic amines is 1. The van der Waals surface area contributed by atoms with Crippen molar-refractivity contribution in [3.63, 3.8) is 0 Å². The molecule has 0 amide bonds. The van der Waals surface area contributed by atoms with Crippen molar-refractivity contribution in [3.8, 4) is 0 Å². The third-order valence-corrected chi connectivity index (χ3v) is 4.25. The van der Waals surface area contributed by atoms with Gasteiger partial charge in [0.05, 0.1) is 5.52 Å². The second-order valence-electron chi connectivity index (χ2n) is 6.05. The minimum Gasteiger partial charge on any atom is -0.399 e. The maximum Gasteiger partial charge on any atom is 0.148 e. The zero-order chi connectivity index (χ0) is 15.9. The van der Waals surface area contributed by atoms with Crippen LogP contribution in [0.1, 0.15) is 44.3 Å². The minimum atomic E-state index is 0.833. The molecule has 3 N–H and O–H groups in total. The molecule has 0 saturated carbocycles. The quantitative estimate of drug-likeness (QED) is 0.469. The molecule has 122 valence electrons. The number of aromatic nitrogens is 5. The number of benzene rings is 1. The van der Waals surface area contributed by atoms with Crippen molar-refractivity contribution in [2.45, 2.75) is 51.5 Å². The normalized spacial score (nSPS) is 11.3. The molecular weight excluding hydrogens is 288 g/mol. The molecule has 0 unspecified atom stereocenters. The molecular formula is C17H24N6. The van der Waals surface area contributed by atoms with Crippen LogP contribution in [0.25, 0.3) is 10.9 Å². The van der Waals surface area contributed by atoms with Gasteiger partial charge < -0.3 is 10.3 Å². The van der Waals surface area contributed by atoms with Gasteiger partial charge in [0.1, 0.15) is 5.82 Å². The Morgan fingerprint density at radius 1 is 1.00 bits per heavy atom. The van der Waals surface area contributed by atoms with Crippen LogP contribution in [-0.4, -0.2) is 25.2 Å². The number of fused-ring (bicyclic) bond motifs is 1. The molecule has 2 heterocycles. The van der Waals surface area contributed by atoms with Crippen LogP contribution in [0, 0.1) is 0 Å². The maximum atomic E-state index is 5.88. The lowest BCUT2D eigenvalue weighted by molar-refractivity contribution is 0.556. The van der Waals surface area contributed by atoms with E-state index in [1.165, 1.54) is 43.0 Å². The van der Waals surface area contributed by atoms with Crippen LogP contribution in [0.4, 0.5) is 5.69 Å². The van der Waals surface area contributed by atoms with Gasteiger partial charge in [-0.3, -0.25) is 0 Å². The number of H-pyrrole nitrogens is 1. The van der Waals surface area contributed by atoms with Gasteiger partial charge in [-0.1, -0.05) is 31.7 Å². The number of nitrogens with one attached hydrogen (secondary N) is 1. The summed E-state index contributed by atoms with van der Waals surface area (Å²) in [6, 6.07) is 8.27. The standard InChI is InChI=1S/C17H24N6/c18-15-9-8-14-10-12-23(16(14)13-15)11-6-4-2-1-3-5-7-17-19-21-22-20-17/h8-10,12-13H,1-7,11,18H2,(H,19,20,21,22). The van der Waals surface area contributed by atoms with Crippen LogP contribution in [0.3, 0.4) is 0 Å². The summed E-state index contributed by atoms with van der Waals surface area (Å²) in [4.78, 5) is 0. The number of nitrogens with zero attached hydrogens (tertiary/aromatic N) is 4. The lowest BCUT2D eigenvalue weighted by Gasteiger charge is -2.06. The van der Waals surface area contributed by atoms with Crippen molar-refractivity contribution in [1.29, 1.82) is 0 Å². The van der Waals surface area contributed by atoms with E-state index in [-0.39, 0.29) is 0 Å². The Morgan fingerprint density at radius 3 is 2.65 bits per heavy atom. The molecule has 0 spiro atoms. The first-order valence-electron chi connectivity index (χ1n) is 8.40. The summed E-state index contributed by atoms with van der Waals surface area (Å²) in [5, 5.41) is 15.1. The minimum absolute atomic E-state index is 0.833. The predicted octanol–water partition coefficient (Wildman–Crippen LogP) is 3.32.